The predicted octanol–water partition coefficient (Wildman–Crippen LogP) is 22.8. The summed E-state index contributed by atoms with van der Waals surface area (Å²) in [6.07, 6.45) is 85.9. The van der Waals surface area contributed by atoms with Crippen LogP contribution in [0.4, 0.5) is 0 Å². The lowest BCUT2D eigenvalue weighted by atomic mass is 10.0. The van der Waals surface area contributed by atoms with Crippen molar-refractivity contribution in [1.82, 2.24) is 0 Å². The van der Waals surface area contributed by atoms with Gasteiger partial charge in [0, 0.05) is 19.3 Å². The van der Waals surface area contributed by atoms with E-state index in [0.717, 1.165) is 96.3 Å². The number of aliphatic hydroxyl groups is 2. The van der Waals surface area contributed by atoms with E-state index in [2.05, 4.69) is 118 Å². The van der Waals surface area contributed by atoms with Crippen molar-refractivity contribution in [1.29, 1.82) is 0 Å². The molecule has 0 rings (SSSR count). The Morgan fingerprint density at radius 1 is 0.293 bits per heavy atom. The Morgan fingerprint density at radius 2 is 0.545 bits per heavy atom. The molecule has 0 aliphatic carbocycles. The third kappa shape index (κ3) is 75.2. The maximum atomic E-state index is 12.9. The van der Waals surface area contributed by atoms with Crippen LogP contribution in [0.1, 0.15) is 329 Å². The lowest BCUT2D eigenvalue weighted by molar-refractivity contribution is -0.161. The summed E-state index contributed by atoms with van der Waals surface area (Å²) >= 11 is 0. The standard InChI is InChI=1S/C81H142O16P2/c1-4-7-10-13-16-19-22-25-28-30-31-32-33-34-35-36-37-38-39-40-41-42-43-45-48-49-52-55-58-61-64-67-79(84)91-70-76(82)71-93-98(87,88)94-72-77(83)73-95-99(89,90)96-75-78(97-81(86)69-66-63-60-57-54-51-46-27-24-21-18-15-12-9-6-3)74-92-80(85)68-65-62-59-56-53-50-47-44-29-26-23-20-17-14-11-8-5-2/h8,11,16-17,19-20,25-26,28-29,31-32,34-35,47,50,56,59,76-78,82-83H,4-7,9-10,12-15,18,21-24,27,30,33,36-46,48-49,51-55,57-58,60-75H2,1-3H3,(H,87,88)(H,89,90)/b11-8-,19-16-,20-17-,28-25-,29-26-,32-31-,35-34-,50-47-,59-56-. The van der Waals surface area contributed by atoms with E-state index in [4.69, 9.17) is 32.3 Å². The lowest BCUT2D eigenvalue weighted by Gasteiger charge is -2.21. The molecule has 0 saturated carbocycles. The van der Waals surface area contributed by atoms with Gasteiger partial charge in [-0.15, -0.1) is 0 Å². The number of hydrogen-bond acceptors (Lipinski definition) is 14. The molecule has 99 heavy (non-hydrogen) atoms. The van der Waals surface area contributed by atoms with Crippen molar-refractivity contribution in [3.8, 4) is 0 Å². The summed E-state index contributed by atoms with van der Waals surface area (Å²) in [6.45, 7) is 2.50. The van der Waals surface area contributed by atoms with Gasteiger partial charge in [0.05, 0.1) is 26.4 Å². The van der Waals surface area contributed by atoms with Gasteiger partial charge >= 0.3 is 33.6 Å². The van der Waals surface area contributed by atoms with Gasteiger partial charge in [-0.05, 0) is 103 Å². The average molecular weight is 1430 g/mol. The van der Waals surface area contributed by atoms with Gasteiger partial charge in [-0.25, -0.2) is 9.13 Å². The summed E-state index contributed by atoms with van der Waals surface area (Å²) in [5, 5.41) is 20.6. The first kappa shape index (κ1) is 95.2. The maximum Gasteiger partial charge on any atom is 0.472 e. The molecule has 16 nitrogen and oxygen atoms in total. The van der Waals surface area contributed by atoms with E-state index in [9.17, 15) is 43.5 Å². The van der Waals surface area contributed by atoms with Gasteiger partial charge in [-0.1, -0.05) is 316 Å². The van der Waals surface area contributed by atoms with E-state index >= 15 is 0 Å². The average Bonchev–Trinajstić information content (AvgIpc) is 1.11. The summed E-state index contributed by atoms with van der Waals surface area (Å²) in [7, 11) is -9.80. The van der Waals surface area contributed by atoms with Gasteiger partial charge in [0.1, 0.15) is 25.4 Å². The minimum Gasteiger partial charge on any atom is -0.463 e. The molecular formula is C81H142O16P2. The molecule has 5 atom stereocenters. The van der Waals surface area contributed by atoms with Gasteiger partial charge in [0.2, 0.25) is 0 Å². The Bertz CT molecular complexity index is 2240. The van der Waals surface area contributed by atoms with E-state index < -0.39 is 91.5 Å². The Balaban J connectivity index is 4.48. The van der Waals surface area contributed by atoms with E-state index in [1.54, 1.807) is 0 Å². The molecule has 0 aromatic rings. The highest BCUT2D eigenvalue weighted by molar-refractivity contribution is 7.47. The fourth-order valence-corrected chi connectivity index (χ4v) is 12.1. The number of unbranched alkanes of at least 4 members (excludes halogenated alkanes) is 33. The second-order valence-corrected chi connectivity index (χ2v) is 29.0. The van der Waals surface area contributed by atoms with Gasteiger partial charge in [0.15, 0.2) is 6.10 Å². The fourth-order valence-electron chi connectivity index (χ4n) is 10.5. The molecule has 0 fully saturated rings. The molecule has 0 aromatic carbocycles. The highest BCUT2D eigenvalue weighted by Crippen LogP contribution is 2.45. The SMILES string of the molecule is CC/C=C\C/C=C\C/C=C\C/C=C\C/C=C\CCCC(=O)OCC(COP(=O)(O)OCC(O)COP(=O)(O)OCC(O)COC(=O)CCCCCCCCCCCCCCCCC/C=C\C/C=C\C/C=C\C/C=C\CCCCC)OC(=O)CCCCCCCCCCCCCCCCC. The smallest absolute Gasteiger partial charge is 0.463 e. The highest BCUT2D eigenvalue weighted by atomic mass is 31.2. The minimum atomic E-state index is -4.94. The summed E-state index contributed by atoms with van der Waals surface area (Å²) in [5.41, 5.74) is 0. The number of ether oxygens (including phenoxy) is 3. The Hall–Kier alpha value is -3.79. The molecule has 572 valence electrons. The second-order valence-electron chi connectivity index (χ2n) is 26.1. The number of esters is 3. The fraction of sp³-hybridized carbons (Fsp3) is 0.741. The molecule has 5 unspecified atom stereocenters. The molecule has 0 aliphatic rings. The van der Waals surface area contributed by atoms with Gasteiger partial charge < -0.3 is 34.2 Å². The van der Waals surface area contributed by atoms with Crippen LogP contribution in [0.25, 0.3) is 0 Å². The molecule has 0 saturated heterocycles. The number of phosphoric ester groups is 2. The molecule has 0 radical (unpaired) electrons. The van der Waals surface area contributed by atoms with Gasteiger partial charge in [0.25, 0.3) is 0 Å². The van der Waals surface area contributed by atoms with Crippen molar-refractivity contribution in [2.45, 2.75) is 347 Å². The highest BCUT2D eigenvalue weighted by Gasteiger charge is 2.29. The van der Waals surface area contributed by atoms with Crippen LogP contribution in [0, 0.1) is 0 Å². The lowest BCUT2D eigenvalue weighted by Crippen LogP contribution is -2.30. The third-order valence-corrected chi connectivity index (χ3v) is 18.4. The summed E-state index contributed by atoms with van der Waals surface area (Å²) in [6, 6.07) is 0. The molecule has 0 bridgehead atoms. The zero-order valence-corrected chi connectivity index (χ0v) is 64.2. The van der Waals surface area contributed by atoms with Crippen molar-refractivity contribution in [2.75, 3.05) is 39.6 Å². The maximum absolute atomic E-state index is 12.9. The molecule has 4 N–H and O–H groups in total. The third-order valence-electron chi connectivity index (χ3n) is 16.5. The number of carbonyl (C=O) groups is 3. The quantitative estimate of drug-likeness (QED) is 0.0146. The van der Waals surface area contributed by atoms with Crippen molar-refractivity contribution in [3.05, 3.63) is 109 Å². The molecule has 0 aliphatic heterocycles. The second kappa shape index (κ2) is 73.9. The predicted molar refractivity (Wildman–Crippen MR) is 408 cm³/mol. The number of carbonyl (C=O) groups excluding carboxylic acids is 3. The number of aliphatic hydroxyl groups excluding tert-OH is 2. The van der Waals surface area contributed by atoms with Crippen molar-refractivity contribution in [3.63, 3.8) is 0 Å². The van der Waals surface area contributed by atoms with Crippen LogP contribution in [0.15, 0.2) is 109 Å². The first-order valence-electron chi connectivity index (χ1n) is 39.2. The van der Waals surface area contributed by atoms with E-state index in [0.29, 0.717) is 25.7 Å². The first-order valence-corrected chi connectivity index (χ1v) is 42.2. The van der Waals surface area contributed by atoms with Crippen molar-refractivity contribution in [2.24, 2.45) is 0 Å². The molecule has 0 spiro atoms. The first-order chi connectivity index (χ1) is 48.2. The largest absolute Gasteiger partial charge is 0.472 e. The van der Waals surface area contributed by atoms with Crippen molar-refractivity contribution >= 4 is 33.6 Å². The summed E-state index contributed by atoms with van der Waals surface area (Å²) in [4.78, 5) is 58.5. The van der Waals surface area contributed by atoms with Crippen molar-refractivity contribution < 1.29 is 75.8 Å². The number of allylic oxidation sites excluding steroid dienone is 18. The monoisotopic (exact) mass is 1430 g/mol. The normalized spacial score (nSPS) is 14.6. The topological polar surface area (TPSA) is 231 Å². The van der Waals surface area contributed by atoms with E-state index in [1.807, 2.05) is 12.2 Å². The zero-order valence-electron chi connectivity index (χ0n) is 62.4. The van der Waals surface area contributed by atoms with Crippen LogP contribution in [-0.4, -0.2) is 95.9 Å². The van der Waals surface area contributed by atoms with E-state index in [-0.39, 0.29) is 19.3 Å². The Labute approximate surface area is 602 Å². The molecular weight excluding hydrogens is 1290 g/mol. The molecule has 18 heteroatoms. The zero-order chi connectivity index (χ0) is 72.3. The summed E-state index contributed by atoms with van der Waals surface area (Å²) in [5.74, 6) is -1.63. The van der Waals surface area contributed by atoms with Crippen LogP contribution >= 0.6 is 15.6 Å². The van der Waals surface area contributed by atoms with Gasteiger partial charge in [-0.2, -0.15) is 0 Å². The van der Waals surface area contributed by atoms with Crippen LogP contribution in [0.3, 0.4) is 0 Å². The molecule has 0 amide bonds. The molecule has 0 heterocycles. The van der Waals surface area contributed by atoms with Crippen LogP contribution in [0.5, 0.6) is 0 Å². The number of rotatable bonds is 74. The number of phosphoric acid groups is 2. The summed E-state index contributed by atoms with van der Waals surface area (Å²) < 4.78 is 61.0. The number of hydrogen-bond donors (Lipinski definition) is 4. The molecule has 0 aromatic heterocycles. The minimum absolute atomic E-state index is 0.0932. The van der Waals surface area contributed by atoms with Crippen LogP contribution in [-0.2, 0) is 55.8 Å². The Kier molecular flexibility index (Phi) is 71.1. The van der Waals surface area contributed by atoms with Crippen LogP contribution in [0.2, 0.25) is 0 Å². The van der Waals surface area contributed by atoms with Crippen LogP contribution < -0.4 is 0 Å². The Morgan fingerprint density at radius 3 is 0.909 bits per heavy atom. The van der Waals surface area contributed by atoms with E-state index in [1.165, 1.54) is 167 Å². The van der Waals surface area contributed by atoms with Gasteiger partial charge in [-0.3, -0.25) is 32.5 Å².